The Morgan fingerprint density at radius 3 is 2.52 bits per heavy atom. The van der Waals surface area contributed by atoms with E-state index in [2.05, 4.69) is 4.72 Å². The lowest BCUT2D eigenvalue weighted by atomic mass is 10.1. The van der Waals surface area contributed by atoms with Gasteiger partial charge in [0.15, 0.2) is 0 Å². The molecule has 1 unspecified atom stereocenters. The van der Waals surface area contributed by atoms with Crippen LogP contribution in [-0.4, -0.2) is 20.1 Å². The van der Waals surface area contributed by atoms with Crippen molar-refractivity contribution in [3.63, 3.8) is 0 Å². The minimum Gasteiger partial charge on any atom is -0.383 e. The highest BCUT2D eigenvalue weighted by Crippen LogP contribution is 2.33. The molecule has 0 saturated carbocycles. The average Bonchev–Trinajstić information content (AvgIpc) is 3.05. The third kappa shape index (κ3) is 3.72. The predicted molar refractivity (Wildman–Crippen MR) is 97.7 cm³/mol. The Labute approximate surface area is 150 Å². The summed E-state index contributed by atoms with van der Waals surface area (Å²) in [5.41, 5.74) is -0.945. The summed E-state index contributed by atoms with van der Waals surface area (Å²) in [4.78, 5) is 0.745. The van der Waals surface area contributed by atoms with E-state index < -0.39 is 15.6 Å². The molecule has 1 aromatic heterocycles. The van der Waals surface area contributed by atoms with Crippen molar-refractivity contribution >= 4 is 31.4 Å². The number of hydrogen-bond acceptors (Lipinski definition) is 5. The molecule has 2 aromatic carbocycles. The summed E-state index contributed by atoms with van der Waals surface area (Å²) in [7, 11) is -3.77. The molecule has 0 aliphatic carbocycles. The number of fused-ring (bicyclic) bond motifs is 1. The predicted octanol–water partition coefficient (Wildman–Crippen LogP) is 2.96. The van der Waals surface area contributed by atoms with Crippen molar-refractivity contribution in [2.45, 2.75) is 17.4 Å². The summed E-state index contributed by atoms with van der Waals surface area (Å²) in [5.74, 6) is 0. The summed E-state index contributed by atoms with van der Waals surface area (Å²) in [5, 5.41) is 20.5. The third-order valence-corrected chi connectivity index (χ3v) is 6.64. The molecule has 1 atom stereocenters. The van der Waals surface area contributed by atoms with E-state index >= 15 is 0 Å². The molecule has 2 N–H and O–H groups in total. The van der Waals surface area contributed by atoms with Gasteiger partial charge in [0.25, 0.3) is 0 Å². The molecule has 0 saturated heterocycles. The molecule has 0 aliphatic heterocycles. The molecule has 25 heavy (non-hydrogen) atoms. The van der Waals surface area contributed by atoms with E-state index in [1.807, 2.05) is 36.4 Å². The summed E-state index contributed by atoms with van der Waals surface area (Å²) >= 11 is 1.43. The molecule has 3 rings (SSSR count). The molecule has 0 fully saturated rings. The van der Waals surface area contributed by atoms with Crippen LogP contribution < -0.4 is 4.72 Å². The highest BCUT2D eigenvalue weighted by molar-refractivity contribution is 7.89. The maximum Gasteiger partial charge on any atom is 0.240 e. The van der Waals surface area contributed by atoms with E-state index in [0.717, 1.165) is 10.1 Å². The van der Waals surface area contributed by atoms with Crippen molar-refractivity contribution in [3.8, 4) is 6.07 Å². The van der Waals surface area contributed by atoms with E-state index in [1.54, 1.807) is 6.92 Å². The van der Waals surface area contributed by atoms with Crippen molar-refractivity contribution in [1.82, 2.24) is 4.72 Å². The van der Waals surface area contributed by atoms with E-state index in [9.17, 15) is 13.5 Å². The van der Waals surface area contributed by atoms with Gasteiger partial charge in [-0.05, 0) is 48.7 Å². The van der Waals surface area contributed by atoms with Crippen LogP contribution in [0.2, 0.25) is 0 Å². The van der Waals surface area contributed by atoms with Gasteiger partial charge in [0, 0.05) is 16.1 Å². The molecule has 0 bridgehead atoms. The first kappa shape index (κ1) is 17.6. The second-order valence-corrected chi connectivity index (χ2v) is 8.73. The van der Waals surface area contributed by atoms with Crippen molar-refractivity contribution in [2.24, 2.45) is 0 Å². The molecule has 128 valence electrons. The molecule has 1 heterocycles. The summed E-state index contributed by atoms with van der Waals surface area (Å²) in [6, 6.07) is 17.2. The molecule has 5 nitrogen and oxygen atoms in total. The van der Waals surface area contributed by atoms with Crippen LogP contribution in [0.1, 0.15) is 17.4 Å². The quantitative estimate of drug-likeness (QED) is 0.720. The largest absolute Gasteiger partial charge is 0.383 e. The fraction of sp³-hybridized carbons (Fsp3) is 0.167. The van der Waals surface area contributed by atoms with Crippen molar-refractivity contribution < 1.29 is 13.5 Å². The van der Waals surface area contributed by atoms with Gasteiger partial charge in [0.2, 0.25) is 10.0 Å². The zero-order valence-corrected chi connectivity index (χ0v) is 15.1. The summed E-state index contributed by atoms with van der Waals surface area (Å²) in [6.07, 6.45) is 0. The Morgan fingerprint density at radius 2 is 1.88 bits per heavy atom. The van der Waals surface area contributed by atoms with Crippen LogP contribution in [-0.2, 0) is 15.6 Å². The Balaban J connectivity index is 1.79. The standard InChI is InChI=1S/C18H16N2O3S2/c1-18(21,17-10-14-4-2-3-5-16(14)24-17)12-20-25(22,23)15-8-6-13(11-19)7-9-15/h2-10,20-21H,12H2,1H3. The molecule has 0 radical (unpaired) electrons. The lowest BCUT2D eigenvalue weighted by Crippen LogP contribution is -2.38. The average molecular weight is 372 g/mol. The van der Waals surface area contributed by atoms with E-state index in [4.69, 9.17) is 5.26 Å². The third-order valence-electron chi connectivity index (χ3n) is 3.86. The highest BCUT2D eigenvalue weighted by atomic mass is 32.2. The van der Waals surface area contributed by atoms with Crippen molar-refractivity contribution in [1.29, 1.82) is 5.26 Å². The lowest BCUT2D eigenvalue weighted by Gasteiger charge is -2.22. The van der Waals surface area contributed by atoms with Crippen LogP contribution in [0.15, 0.2) is 59.5 Å². The van der Waals surface area contributed by atoms with Gasteiger partial charge < -0.3 is 5.11 Å². The maximum absolute atomic E-state index is 12.4. The van der Waals surface area contributed by atoms with Crippen molar-refractivity contribution in [3.05, 3.63) is 65.0 Å². The topological polar surface area (TPSA) is 90.2 Å². The fourth-order valence-corrected chi connectivity index (χ4v) is 4.60. The molecule has 3 aromatic rings. The van der Waals surface area contributed by atoms with Gasteiger partial charge in [0.05, 0.1) is 16.5 Å². The normalized spacial score (nSPS) is 14.1. The second kappa shape index (κ2) is 6.58. The first-order chi connectivity index (χ1) is 11.8. The molecular formula is C18H16N2O3S2. The fourth-order valence-electron chi connectivity index (χ4n) is 2.36. The number of hydrogen-bond donors (Lipinski definition) is 2. The second-order valence-electron chi connectivity index (χ2n) is 5.88. The van der Waals surface area contributed by atoms with Gasteiger partial charge in [-0.15, -0.1) is 11.3 Å². The maximum atomic E-state index is 12.4. The number of sulfonamides is 1. The number of nitriles is 1. The lowest BCUT2D eigenvalue weighted by molar-refractivity contribution is 0.0666. The Bertz CT molecular complexity index is 1010. The monoisotopic (exact) mass is 372 g/mol. The molecule has 0 spiro atoms. The van der Waals surface area contributed by atoms with Crippen molar-refractivity contribution in [2.75, 3.05) is 6.54 Å². The molecular weight excluding hydrogens is 356 g/mol. The van der Waals surface area contributed by atoms with Crippen LogP contribution >= 0.6 is 11.3 Å². The van der Waals surface area contributed by atoms with Gasteiger partial charge in [-0.1, -0.05) is 18.2 Å². The van der Waals surface area contributed by atoms with Crippen LogP contribution in [0.25, 0.3) is 10.1 Å². The van der Waals surface area contributed by atoms with Crippen LogP contribution in [0, 0.1) is 11.3 Å². The minimum atomic E-state index is -3.77. The van der Waals surface area contributed by atoms with E-state index in [0.29, 0.717) is 10.4 Å². The number of aliphatic hydroxyl groups is 1. The van der Waals surface area contributed by atoms with E-state index in [-0.39, 0.29) is 11.4 Å². The van der Waals surface area contributed by atoms with Crippen LogP contribution in [0.4, 0.5) is 0 Å². The zero-order chi connectivity index (χ0) is 18.1. The summed E-state index contributed by atoms with van der Waals surface area (Å²) < 4.78 is 28.2. The zero-order valence-electron chi connectivity index (χ0n) is 13.4. The van der Waals surface area contributed by atoms with Gasteiger partial charge in [0.1, 0.15) is 5.60 Å². The number of thiophene rings is 1. The number of rotatable bonds is 5. The Kier molecular flexibility index (Phi) is 4.62. The first-order valence-corrected chi connectivity index (χ1v) is 9.83. The number of nitrogens with one attached hydrogen (secondary N) is 1. The summed E-state index contributed by atoms with van der Waals surface area (Å²) in [6.45, 7) is 1.43. The van der Waals surface area contributed by atoms with E-state index in [1.165, 1.54) is 35.6 Å². The van der Waals surface area contributed by atoms with Crippen LogP contribution in [0.3, 0.4) is 0 Å². The molecule has 0 aliphatic rings. The Hall–Kier alpha value is -2.24. The highest BCUT2D eigenvalue weighted by Gasteiger charge is 2.28. The van der Waals surface area contributed by atoms with Crippen LogP contribution in [0.5, 0.6) is 0 Å². The van der Waals surface area contributed by atoms with Gasteiger partial charge >= 0.3 is 0 Å². The smallest absolute Gasteiger partial charge is 0.240 e. The Morgan fingerprint density at radius 1 is 1.20 bits per heavy atom. The SMILES string of the molecule is CC(O)(CNS(=O)(=O)c1ccc(C#N)cc1)c1cc2ccccc2s1. The number of benzene rings is 2. The van der Waals surface area contributed by atoms with Gasteiger partial charge in [-0.25, -0.2) is 13.1 Å². The molecule has 7 heteroatoms. The van der Waals surface area contributed by atoms with Gasteiger partial charge in [-0.2, -0.15) is 5.26 Å². The molecule has 0 amide bonds. The minimum absolute atomic E-state index is 0.0543. The van der Waals surface area contributed by atoms with Gasteiger partial charge in [-0.3, -0.25) is 0 Å². The first-order valence-electron chi connectivity index (χ1n) is 7.53. The number of nitrogens with zero attached hydrogens (tertiary/aromatic N) is 1.